The summed E-state index contributed by atoms with van der Waals surface area (Å²) in [5, 5.41) is 3.98. The van der Waals surface area contributed by atoms with E-state index in [2.05, 4.69) is 24.1 Å². The van der Waals surface area contributed by atoms with Crippen LogP contribution in [-0.2, 0) is 4.74 Å². The van der Waals surface area contributed by atoms with Gasteiger partial charge < -0.3 is 14.5 Å². The van der Waals surface area contributed by atoms with E-state index in [9.17, 15) is 4.79 Å². The molecule has 140 valence electrons. The number of hydrogen-bond donors (Lipinski definition) is 1. The van der Waals surface area contributed by atoms with E-state index >= 15 is 0 Å². The molecule has 0 atom stereocenters. The van der Waals surface area contributed by atoms with Gasteiger partial charge in [-0.1, -0.05) is 23.2 Å². The van der Waals surface area contributed by atoms with Gasteiger partial charge in [-0.3, -0.25) is 9.69 Å². The molecule has 3 rings (SSSR count). The van der Waals surface area contributed by atoms with Crippen LogP contribution < -0.4 is 5.32 Å². The minimum Gasteiger partial charge on any atom is -0.451 e. The molecule has 0 aliphatic carbocycles. The third-order valence-corrected chi connectivity index (χ3v) is 5.12. The largest absolute Gasteiger partial charge is 0.451 e. The number of nitrogens with zero attached hydrogens (tertiary/aromatic N) is 1. The lowest BCUT2D eigenvalue weighted by molar-refractivity contribution is -0.00929. The van der Waals surface area contributed by atoms with Gasteiger partial charge in [-0.25, -0.2) is 0 Å². The van der Waals surface area contributed by atoms with E-state index < -0.39 is 0 Å². The molecule has 1 aliphatic rings. The Morgan fingerprint density at radius 2 is 1.92 bits per heavy atom. The van der Waals surface area contributed by atoms with Crippen LogP contribution in [0.3, 0.4) is 0 Å². The third-order valence-electron chi connectivity index (χ3n) is 4.58. The van der Waals surface area contributed by atoms with E-state index in [4.69, 9.17) is 32.4 Å². The number of amides is 1. The van der Waals surface area contributed by atoms with Gasteiger partial charge in [-0.05, 0) is 44.2 Å². The average Bonchev–Trinajstić information content (AvgIpc) is 3.10. The number of carbonyl (C=O) groups is 1. The highest BCUT2D eigenvalue weighted by Gasteiger charge is 2.29. The Labute approximate surface area is 163 Å². The molecule has 1 amide bonds. The van der Waals surface area contributed by atoms with E-state index in [0.717, 1.165) is 26.3 Å². The second-order valence-corrected chi connectivity index (χ2v) is 7.73. The number of benzene rings is 1. The lowest BCUT2D eigenvalue weighted by Gasteiger charge is -2.40. The molecule has 0 spiro atoms. The highest BCUT2D eigenvalue weighted by molar-refractivity contribution is 6.36. The molecule has 1 aromatic heterocycles. The van der Waals surface area contributed by atoms with Crippen molar-refractivity contribution in [2.75, 3.05) is 32.8 Å². The number of nitrogens with one attached hydrogen (secondary N) is 1. The number of carbonyl (C=O) groups excluding carboxylic acids is 1. The Balaban J connectivity index is 1.64. The minimum atomic E-state index is -0.248. The molecule has 1 saturated heterocycles. The Bertz CT molecular complexity index is 783. The van der Waals surface area contributed by atoms with Crippen molar-refractivity contribution in [3.8, 4) is 11.3 Å². The number of furan rings is 1. The molecular weight excluding hydrogens is 375 g/mol. The molecule has 5 nitrogen and oxygen atoms in total. The summed E-state index contributed by atoms with van der Waals surface area (Å²) >= 11 is 12.1. The van der Waals surface area contributed by atoms with Crippen molar-refractivity contribution in [3.05, 3.63) is 46.1 Å². The summed E-state index contributed by atoms with van der Waals surface area (Å²) in [5.74, 6) is 0.538. The summed E-state index contributed by atoms with van der Waals surface area (Å²) in [4.78, 5) is 14.8. The monoisotopic (exact) mass is 396 g/mol. The second kappa shape index (κ2) is 8.01. The Hall–Kier alpha value is -1.53. The van der Waals surface area contributed by atoms with E-state index in [-0.39, 0.29) is 17.2 Å². The maximum atomic E-state index is 12.5. The normalized spacial score (nSPS) is 15.8. The van der Waals surface area contributed by atoms with Crippen LogP contribution in [0.4, 0.5) is 0 Å². The molecule has 0 saturated carbocycles. The number of halogens is 2. The molecule has 1 fully saturated rings. The van der Waals surface area contributed by atoms with Crippen LogP contribution in [0, 0.1) is 0 Å². The van der Waals surface area contributed by atoms with E-state index in [1.54, 1.807) is 30.3 Å². The Morgan fingerprint density at radius 1 is 1.19 bits per heavy atom. The SMILES string of the molecule is CC(C)(CNC(=O)c1ccc(-c2ccc(Cl)cc2Cl)o1)N1CCOCC1. The van der Waals surface area contributed by atoms with Gasteiger partial charge in [0.25, 0.3) is 5.91 Å². The molecule has 1 aliphatic heterocycles. The maximum absolute atomic E-state index is 12.5. The van der Waals surface area contributed by atoms with Crippen LogP contribution in [0.15, 0.2) is 34.7 Å². The van der Waals surface area contributed by atoms with Crippen LogP contribution in [0.25, 0.3) is 11.3 Å². The highest BCUT2D eigenvalue weighted by Crippen LogP contribution is 2.31. The van der Waals surface area contributed by atoms with Crippen molar-refractivity contribution in [2.24, 2.45) is 0 Å². The standard InChI is InChI=1S/C19H22Cl2N2O3/c1-19(2,23-7-9-25-10-8-23)12-22-18(24)17-6-5-16(26-17)14-4-3-13(20)11-15(14)21/h3-6,11H,7-10,12H2,1-2H3,(H,22,24). The lowest BCUT2D eigenvalue weighted by atomic mass is 10.0. The molecule has 2 heterocycles. The first-order valence-electron chi connectivity index (χ1n) is 8.53. The summed E-state index contributed by atoms with van der Waals surface area (Å²) in [6.45, 7) is 7.91. The molecule has 1 aromatic carbocycles. The van der Waals surface area contributed by atoms with Crippen molar-refractivity contribution in [2.45, 2.75) is 19.4 Å². The van der Waals surface area contributed by atoms with Gasteiger partial charge in [0.1, 0.15) is 5.76 Å². The predicted molar refractivity (Wildman–Crippen MR) is 103 cm³/mol. The van der Waals surface area contributed by atoms with Gasteiger partial charge in [0.2, 0.25) is 0 Å². The molecule has 0 unspecified atom stereocenters. The first-order valence-corrected chi connectivity index (χ1v) is 9.29. The van der Waals surface area contributed by atoms with Gasteiger partial charge in [-0.2, -0.15) is 0 Å². The molecule has 0 radical (unpaired) electrons. The van der Waals surface area contributed by atoms with Crippen molar-refractivity contribution in [3.63, 3.8) is 0 Å². The van der Waals surface area contributed by atoms with Gasteiger partial charge in [0.15, 0.2) is 5.76 Å². The van der Waals surface area contributed by atoms with Gasteiger partial charge in [0, 0.05) is 35.8 Å². The topological polar surface area (TPSA) is 54.7 Å². The molecule has 2 aromatic rings. The molecule has 0 bridgehead atoms. The molecule has 7 heteroatoms. The second-order valence-electron chi connectivity index (χ2n) is 6.88. The van der Waals surface area contributed by atoms with Gasteiger partial charge in [-0.15, -0.1) is 0 Å². The van der Waals surface area contributed by atoms with E-state index in [0.29, 0.717) is 27.9 Å². The highest BCUT2D eigenvalue weighted by atomic mass is 35.5. The molecular formula is C19H22Cl2N2O3. The number of hydrogen-bond acceptors (Lipinski definition) is 4. The zero-order valence-corrected chi connectivity index (χ0v) is 16.4. The fraction of sp³-hybridized carbons (Fsp3) is 0.421. The summed E-state index contributed by atoms with van der Waals surface area (Å²) in [6, 6.07) is 8.53. The zero-order valence-electron chi connectivity index (χ0n) is 14.9. The first kappa shape index (κ1) is 19.2. The van der Waals surface area contributed by atoms with Crippen molar-refractivity contribution in [1.29, 1.82) is 0 Å². The van der Waals surface area contributed by atoms with Crippen LogP contribution in [0.2, 0.25) is 10.0 Å². The molecule has 26 heavy (non-hydrogen) atoms. The lowest BCUT2D eigenvalue weighted by Crippen LogP contribution is -2.55. The predicted octanol–water partition coefficient (Wildman–Crippen LogP) is 4.09. The van der Waals surface area contributed by atoms with Crippen molar-refractivity contribution < 1.29 is 13.9 Å². The van der Waals surface area contributed by atoms with Crippen LogP contribution in [0.5, 0.6) is 0 Å². The smallest absolute Gasteiger partial charge is 0.287 e. The van der Waals surface area contributed by atoms with Gasteiger partial charge in [0.05, 0.1) is 18.2 Å². The minimum absolute atomic E-state index is 0.158. The summed E-state index contributed by atoms with van der Waals surface area (Å²) in [7, 11) is 0. The third kappa shape index (κ3) is 4.41. The quantitative estimate of drug-likeness (QED) is 0.826. The number of ether oxygens (including phenoxy) is 1. The summed E-state index contributed by atoms with van der Waals surface area (Å²) in [6.07, 6.45) is 0. The number of rotatable bonds is 5. The zero-order chi connectivity index (χ0) is 18.7. The van der Waals surface area contributed by atoms with E-state index in [1.807, 2.05) is 0 Å². The summed E-state index contributed by atoms with van der Waals surface area (Å²) < 4.78 is 11.1. The van der Waals surface area contributed by atoms with Crippen LogP contribution in [-0.4, -0.2) is 49.2 Å². The fourth-order valence-electron chi connectivity index (χ4n) is 2.96. The van der Waals surface area contributed by atoms with Crippen molar-refractivity contribution >= 4 is 29.1 Å². The van der Waals surface area contributed by atoms with Gasteiger partial charge >= 0.3 is 0 Å². The van der Waals surface area contributed by atoms with E-state index in [1.165, 1.54) is 0 Å². The number of morpholine rings is 1. The Morgan fingerprint density at radius 3 is 2.62 bits per heavy atom. The maximum Gasteiger partial charge on any atom is 0.287 e. The summed E-state index contributed by atoms with van der Waals surface area (Å²) in [5.41, 5.74) is 0.540. The molecule has 1 N–H and O–H groups in total. The Kier molecular flexibility index (Phi) is 5.92. The van der Waals surface area contributed by atoms with Crippen LogP contribution in [0.1, 0.15) is 24.4 Å². The van der Waals surface area contributed by atoms with Crippen LogP contribution >= 0.6 is 23.2 Å². The fourth-order valence-corrected chi connectivity index (χ4v) is 3.46. The average molecular weight is 397 g/mol. The first-order chi connectivity index (χ1) is 12.4. The van der Waals surface area contributed by atoms with Crippen molar-refractivity contribution in [1.82, 2.24) is 10.2 Å².